The summed E-state index contributed by atoms with van der Waals surface area (Å²) in [4.78, 5) is 27.2. The monoisotopic (exact) mass is 332 g/mol. The number of Topliss-reactive ketones (excluding diaryl/α,β-unsaturated/α-hetero) is 1. The number of amidine groups is 1. The summed E-state index contributed by atoms with van der Waals surface area (Å²) in [6.07, 6.45) is 3.96. The van der Waals surface area contributed by atoms with Gasteiger partial charge < -0.3 is 10.0 Å². The number of aliphatic hydroxyl groups is 1. The number of aliphatic hydroxyl groups excluding tert-OH is 1. The van der Waals surface area contributed by atoms with Gasteiger partial charge in [-0.2, -0.15) is 5.11 Å². The van der Waals surface area contributed by atoms with Crippen molar-refractivity contribution >= 4 is 28.7 Å². The largest absolute Gasteiger partial charge is 0.389 e. The number of hydrogen-bond donors (Lipinski definition) is 1. The number of ketones is 1. The van der Waals surface area contributed by atoms with E-state index in [0.717, 1.165) is 16.8 Å². The van der Waals surface area contributed by atoms with E-state index in [0.29, 0.717) is 23.8 Å². The average molecular weight is 332 g/mol. The summed E-state index contributed by atoms with van der Waals surface area (Å²) in [5.74, 6) is 1.05. The molecule has 3 aliphatic rings. The maximum atomic E-state index is 13.0. The number of nitrogens with zero attached hydrogens (tertiary/aromatic N) is 6. The van der Waals surface area contributed by atoms with Crippen LogP contribution in [0.1, 0.15) is 15.9 Å². The molecule has 4 heterocycles. The normalized spacial score (nSPS) is 22.8. The zero-order valence-corrected chi connectivity index (χ0v) is 12.9. The van der Waals surface area contributed by atoms with Crippen molar-refractivity contribution in [2.75, 3.05) is 11.4 Å². The van der Waals surface area contributed by atoms with Gasteiger partial charge in [-0.05, 0) is 24.3 Å². The number of anilines is 1. The van der Waals surface area contributed by atoms with Crippen molar-refractivity contribution in [1.29, 1.82) is 0 Å². The van der Waals surface area contributed by atoms with Gasteiger partial charge in [-0.1, -0.05) is 0 Å². The van der Waals surface area contributed by atoms with Gasteiger partial charge in [0.15, 0.2) is 11.6 Å². The lowest BCUT2D eigenvalue weighted by atomic mass is 9.89. The number of β-amino-alcohol motifs (C(OH)–C–C–N with tert-alkyl or cyclic N) is 1. The smallest absolute Gasteiger partial charge is 0.188 e. The van der Waals surface area contributed by atoms with Crippen LogP contribution in [-0.4, -0.2) is 45.4 Å². The van der Waals surface area contributed by atoms with Gasteiger partial charge in [0, 0.05) is 23.9 Å². The number of fused-ring (bicyclic) bond motifs is 3. The van der Waals surface area contributed by atoms with Crippen LogP contribution in [0, 0.1) is 0 Å². The summed E-state index contributed by atoms with van der Waals surface area (Å²) < 4.78 is 0. The Bertz CT molecular complexity index is 982. The fourth-order valence-corrected chi connectivity index (χ4v) is 3.30. The Labute approximate surface area is 142 Å². The highest BCUT2D eigenvalue weighted by molar-refractivity contribution is 6.29. The van der Waals surface area contributed by atoms with Crippen molar-refractivity contribution in [2.45, 2.75) is 12.1 Å². The number of carbonyl (C=O) groups is 1. The predicted octanol–water partition coefficient (Wildman–Crippen LogP) is 1.76. The second-order valence-corrected chi connectivity index (χ2v) is 6.02. The van der Waals surface area contributed by atoms with Gasteiger partial charge in [-0.25, -0.2) is 15.0 Å². The second-order valence-electron chi connectivity index (χ2n) is 6.02. The lowest BCUT2D eigenvalue weighted by Gasteiger charge is -2.45. The molecule has 0 bridgehead atoms. The minimum absolute atomic E-state index is 0.152. The summed E-state index contributed by atoms with van der Waals surface area (Å²) in [5.41, 5.74) is 2.96. The molecular weight excluding hydrogens is 320 g/mol. The third kappa shape index (κ3) is 2.04. The zero-order chi connectivity index (χ0) is 17.0. The Hall–Kier alpha value is -3.26. The molecule has 0 saturated carbocycles. The van der Waals surface area contributed by atoms with E-state index in [1.807, 2.05) is 0 Å². The number of aliphatic imine (C=N–C) groups is 1. The van der Waals surface area contributed by atoms with E-state index in [9.17, 15) is 9.90 Å². The molecule has 0 radical (unpaired) electrons. The SMILES string of the molecule is O=C(c1ccc2c(c1)C1=CN=NC1=N2)C1C(O)CN1c1ccncn1. The van der Waals surface area contributed by atoms with Crippen molar-refractivity contribution in [2.24, 2.45) is 15.2 Å². The first-order chi connectivity index (χ1) is 12.2. The maximum absolute atomic E-state index is 13.0. The maximum Gasteiger partial charge on any atom is 0.188 e. The first-order valence-electron chi connectivity index (χ1n) is 7.82. The number of benzene rings is 1. The fraction of sp³-hybridized carbons (Fsp3) is 0.176. The molecule has 2 atom stereocenters. The third-order valence-corrected chi connectivity index (χ3v) is 4.59. The van der Waals surface area contributed by atoms with Crippen molar-refractivity contribution in [1.82, 2.24) is 9.97 Å². The minimum atomic E-state index is -0.724. The van der Waals surface area contributed by atoms with Gasteiger partial charge >= 0.3 is 0 Å². The average Bonchev–Trinajstić information content (AvgIpc) is 3.21. The van der Waals surface area contributed by atoms with Crippen molar-refractivity contribution in [3.63, 3.8) is 0 Å². The second kappa shape index (κ2) is 5.12. The van der Waals surface area contributed by atoms with Crippen molar-refractivity contribution < 1.29 is 9.90 Å². The standard InChI is InChI=1S/C17H12N6O2/c24-13-7-23(14-3-4-18-8-19-14)15(13)16(25)9-1-2-12-10(5-9)11-6-20-22-17(11)21-12/h1-6,8,13,15,24H,7H2. The van der Waals surface area contributed by atoms with Gasteiger partial charge in [-0.3, -0.25) is 4.79 Å². The van der Waals surface area contributed by atoms with E-state index in [4.69, 9.17) is 0 Å². The summed E-state index contributed by atoms with van der Waals surface area (Å²) >= 11 is 0. The highest BCUT2D eigenvalue weighted by atomic mass is 16.3. The van der Waals surface area contributed by atoms with Gasteiger partial charge in [0.1, 0.15) is 18.2 Å². The molecule has 5 rings (SSSR count). The summed E-state index contributed by atoms with van der Waals surface area (Å²) in [6, 6.07) is 6.39. The molecule has 1 fully saturated rings. The summed E-state index contributed by atoms with van der Waals surface area (Å²) in [6.45, 7) is 0.370. The molecule has 1 N–H and O–H groups in total. The van der Waals surface area contributed by atoms with Crippen LogP contribution < -0.4 is 4.90 Å². The first kappa shape index (κ1) is 14.1. The molecule has 1 saturated heterocycles. The van der Waals surface area contributed by atoms with E-state index >= 15 is 0 Å². The molecule has 0 aliphatic carbocycles. The number of hydrogen-bond acceptors (Lipinski definition) is 8. The highest BCUT2D eigenvalue weighted by Crippen LogP contribution is 2.38. The van der Waals surface area contributed by atoms with Crippen LogP contribution in [0.5, 0.6) is 0 Å². The fourth-order valence-electron chi connectivity index (χ4n) is 3.30. The molecule has 25 heavy (non-hydrogen) atoms. The Morgan fingerprint density at radius 3 is 3.00 bits per heavy atom. The first-order valence-corrected chi connectivity index (χ1v) is 7.82. The Morgan fingerprint density at radius 2 is 2.20 bits per heavy atom. The van der Waals surface area contributed by atoms with Crippen LogP contribution in [0.15, 0.2) is 58.2 Å². The van der Waals surface area contributed by atoms with E-state index in [2.05, 4.69) is 25.2 Å². The van der Waals surface area contributed by atoms with E-state index < -0.39 is 12.1 Å². The van der Waals surface area contributed by atoms with E-state index in [1.165, 1.54) is 6.33 Å². The molecule has 0 amide bonds. The number of carbonyl (C=O) groups excluding carboxylic acids is 1. The lowest BCUT2D eigenvalue weighted by Crippen LogP contribution is -2.64. The highest BCUT2D eigenvalue weighted by Gasteiger charge is 2.44. The van der Waals surface area contributed by atoms with Gasteiger partial charge in [0.25, 0.3) is 0 Å². The van der Waals surface area contributed by atoms with Crippen molar-refractivity contribution in [3.8, 4) is 0 Å². The van der Waals surface area contributed by atoms with Gasteiger partial charge in [-0.15, -0.1) is 5.11 Å². The van der Waals surface area contributed by atoms with Crippen LogP contribution in [-0.2, 0) is 0 Å². The van der Waals surface area contributed by atoms with Crippen LogP contribution in [0.25, 0.3) is 5.57 Å². The number of azo groups is 1. The van der Waals surface area contributed by atoms with Crippen LogP contribution in [0.3, 0.4) is 0 Å². The minimum Gasteiger partial charge on any atom is -0.389 e. The van der Waals surface area contributed by atoms with Crippen LogP contribution in [0.2, 0.25) is 0 Å². The molecule has 2 aromatic rings. The van der Waals surface area contributed by atoms with E-state index in [1.54, 1.807) is 41.6 Å². The molecule has 2 unspecified atom stereocenters. The molecule has 0 spiro atoms. The molecular formula is C17H12N6O2. The summed E-state index contributed by atoms with van der Waals surface area (Å²) in [5, 5.41) is 17.9. The van der Waals surface area contributed by atoms with Crippen LogP contribution >= 0.6 is 0 Å². The molecule has 8 nitrogen and oxygen atoms in total. The topological polar surface area (TPSA) is 103 Å². The quantitative estimate of drug-likeness (QED) is 0.863. The Kier molecular flexibility index (Phi) is 2.89. The van der Waals surface area contributed by atoms with E-state index in [-0.39, 0.29) is 5.78 Å². The van der Waals surface area contributed by atoms with Gasteiger partial charge in [0.05, 0.1) is 23.6 Å². The molecule has 122 valence electrons. The molecule has 1 aromatic heterocycles. The molecule has 3 aliphatic heterocycles. The third-order valence-electron chi connectivity index (χ3n) is 4.59. The number of aromatic nitrogens is 2. The van der Waals surface area contributed by atoms with Crippen LogP contribution in [0.4, 0.5) is 11.5 Å². The summed E-state index contributed by atoms with van der Waals surface area (Å²) in [7, 11) is 0. The number of rotatable bonds is 3. The van der Waals surface area contributed by atoms with Gasteiger partial charge in [0.2, 0.25) is 0 Å². The molecule has 1 aromatic carbocycles. The predicted molar refractivity (Wildman–Crippen MR) is 89.9 cm³/mol. The Balaban J connectivity index is 1.47. The Morgan fingerprint density at radius 1 is 1.28 bits per heavy atom. The zero-order valence-electron chi connectivity index (χ0n) is 12.9. The van der Waals surface area contributed by atoms with Crippen molar-refractivity contribution in [3.05, 3.63) is 54.1 Å². The lowest BCUT2D eigenvalue weighted by molar-refractivity contribution is 0.0634. The molecule has 8 heteroatoms.